The number of aromatic amines is 1. The van der Waals surface area contributed by atoms with Crippen LogP contribution in [0.25, 0.3) is 0 Å². The summed E-state index contributed by atoms with van der Waals surface area (Å²) in [5.74, 6) is 1.63. The van der Waals surface area contributed by atoms with Gasteiger partial charge in [0.25, 0.3) is 0 Å². The van der Waals surface area contributed by atoms with Crippen LogP contribution in [0.3, 0.4) is 0 Å². The quantitative estimate of drug-likeness (QED) is 0.165. The zero-order valence-corrected chi connectivity index (χ0v) is 21.1. The topological polar surface area (TPSA) is 191 Å². The number of esters is 1. The highest BCUT2D eigenvalue weighted by atomic mass is 16.7. The molecule has 198 valence electrons. The Morgan fingerprint density at radius 2 is 1.92 bits per heavy atom. The Morgan fingerprint density at radius 1 is 1.25 bits per heavy atom. The Balaban J connectivity index is 1.71. The van der Waals surface area contributed by atoms with Crippen molar-refractivity contribution in [1.29, 1.82) is 0 Å². The minimum Gasteiger partial charge on any atom is -0.451 e. The van der Waals surface area contributed by atoms with Gasteiger partial charge in [0, 0.05) is 18.0 Å². The Kier molecular flexibility index (Phi) is 4.16. The van der Waals surface area contributed by atoms with Crippen molar-refractivity contribution in [3.8, 4) is 0 Å². The first-order valence-corrected chi connectivity index (χ1v) is 12.5. The van der Waals surface area contributed by atoms with Gasteiger partial charge < -0.3 is 45.8 Å². The molecule has 0 radical (unpaired) electrons. The van der Waals surface area contributed by atoms with Gasteiger partial charge in [0.05, 0.1) is 11.1 Å². The summed E-state index contributed by atoms with van der Waals surface area (Å²) in [7, 11) is 0. The van der Waals surface area contributed by atoms with Gasteiger partial charge in [0.1, 0.15) is 28.1 Å². The van der Waals surface area contributed by atoms with Gasteiger partial charge in [-0.1, -0.05) is 27.7 Å². The number of hydrogen-bond donors (Lipinski definition) is 7. The van der Waals surface area contributed by atoms with Crippen molar-refractivity contribution < 1.29 is 39.8 Å². The third kappa shape index (κ3) is 1.74. The molecule has 1 aromatic rings. The molecule has 0 aromatic carbocycles. The normalized spacial score (nSPS) is 57.6. The molecule has 11 nitrogen and oxygen atoms in total. The van der Waals surface area contributed by atoms with Gasteiger partial charge in [0.2, 0.25) is 0 Å². The highest BCUT2D eigenvalue weighted by Crippen LogP contribution is 2.90. The molecule has 1 aromatic heterocycles. The van der Waals surface area contributed by atoms with Crippen molar-refractivity contribution in [2.24, 2.45) is 33.6 Å². The van der Waals surface area contributed by atoms with Crippen molar-refractivity contribution in [3.63, 3.8) is 0 Å². The second kappa shape index (κ2) is 6.16. The lowest BCUT2D eigenvalue weighted by atomic mass is 9.52. The van der Waals surface area contributed by atoms with E-state index in [-0.39, 0.29) is 30.2 Å². The molecule has 2 aliphatic heterocycles. The minimum atomic E-state index is -2.55. The number of rotatable bonds is 3. The van der Waals surface area contributed by atoms with E-state index in [2.05, 4.69) is 10.1 Å². The average molecular weight is 506 g/mol. The van der Waals surface area contributed by atoms with Gasteiger partial charge >= 0.3 is 5.97 Å². The largest absolute Gasteiger partial charge is 0.451 e. The number of nitrogens with one attached hydrogen (secondary N) is 1. The van der Waals surface area contributed by atoms with E-state index >= 15 is 0 Å². The smallest absolute Gasteiger partial charge is 0.355 e. The molecule has 4 aliphatic carbocycles. The minimum absolute atomic E-state index is 0.0769. The molecule has 0 amide bonds. The molecule has 36 heavy (non-hydrogen) atoms. The average Bonchev–Trinajstić information content (AvgIpc) is 3.43. The predicted molar refractivity (Wildman–Crippen MR) is 124 cm³/mol. The van der Waals surface area contributed by atoms with E-state index in [4.69, 9.17) is 15.3 Å². The fraction of sp³-hybridized carbons (Fsp3) is 0.760. The van der Waals surface area contributed by atoms with Crippen LogP contribution in [0.5, 0.6) is 0 Å². The third-order valence-corrected chi connectivity index (χ3v) is 11.2. The van der Waals surface area contributed by atoms with Crippen LogP contribution in [-0.2, 0) is 9.47 Å². The molecule has 6 aliphatic rings. The van der Waals surface area contributed by atoms with Crippen LogP contribution in [0.2, 0.25) is 0 Å². The van der Waals surface area contributed by atoms with Gasteiger partial charge in [0.15, 0.2) is 17.5 Å². The second-order valence-electron chi connectivity index (χ2n) is 12.3. The number of carbonyl (C=O) groups excluding carboxylic acids is 1. The number of hydrogen-bond acceptors (Lipinski definition) is 10. The second-order valence-corrected chi connectivity index (χ2v) is 12.3. The molecule has 6 fully saturated rings. The summed E-state index contributed by atoms with van der Waals surface area (Å²) in [6, 6.07) is 3.08. The standard InChI is InChI=1S/C25H35N3O8/c1-12(2)22(32)17(35-16(29)14-7-6-10-27-14)23(33)18(4)11-21(31)19(22,5)25(23,34)24(36-21)15(28-26)13(3)8-9-20(18,24)30/h6-7,10,12-13,17,27,30-34H,8-9,11,26H2,1-5H3/b28-15+/t13-,17+,18-,19-,20-,21-,22+,23+,24+,25+/m0/s1. The van der Waals surface area contributed by atoms with Gasteiger partial charge in [-0.2, -0.15) is 5.10 Å². The number of carbonyl (C=O) groups is 1. The maximum absolute atomic E-state index is 13.2. The number of nitrogens with two attached hydrogens (primary N) is 1. The summed E-state index contributed by atoms with van der Waals surface area (Å²) in [4.78, 5) is 16.0. The summed E-state index contributed by atoms with van der Waals surface area (Å²) < 4.78 is 12.2. The molecular formula is C25H35N3O8. The molecule has 8 N–H and O–H groups in total. The zero-order chi connectivity index (χ0) is 26.5. The van der Waals surface area contributed by atoms with Gasteiger partial charge in [-0.05, 0) is 43.7 Å². The number of H-pyrrole nitrogens is 1. The van der Waals surface area contributed by atoms with E-state index in [1.165, 1.54) is 19.2 Å². The Hall–Kier alpha value is -2.02. The van der Waals surface area contributed by atoms with Crippen molar-refractivity contribution >= 4 is 11.7 Å². The van der Waals surface area contributed by atoms with E-state index in [1.807, 2.05) is 6.92 Å². The molecule has 6 bridgehead atoms. The molecule has 1 spiro atoms. The Labute approximate surface area is 208 Å². The van der Waals surface area contributed by atoms with Crippen molar-refractivity contribution in [2.75, 3.05) is 0 Å². The first-order chi connectivity index (χ1) is 16.6. The molecule has 3 heterocycles. The number of ether oxygens (including phenoxy) is 2. The summed E-state index contributed by atoms with van der Waals surface area (Å²) in [6.45, 7) is 8.07. The molecule has 7 rings (SSSR count). The number of nitrogens with zero attached hydrogens (tertiary/aromatic N) is 1. The van der Waals surface area contributed by atoms with Gasteiger partial charge in [-0.3, -0.25) is 0 Å². The van der Waals surface area contributed by atoms with Crippen LogP contribution in [0.4, 0.5) is 0 Å². The van der Waals surface area contributed by atoms with E-state index in [0.29, 0.717) is 6.42 Å². The van der Waals surface area contributed by atoms with E-state index in [9.17, 15) is 30.3 Å². The fourth-order valence-corrected chi connectivity index (χ4v) is 9.55. The molecular weight excluding hydrogens is 470 g/mol. The maximum atomic E-state index is 13.2. The van der Waals surface area contributed by atoms with E-state index in [1.54, 1.807) is 26.8 Å². The first kappa shape index (κ1) is 24.3. The van der Waals surface area contributed by atoms with Crippen LogP contribution in [0, 0.1) is 22.7 Å². The zero-order valence-electron chi connectivity index (χ0n) is 21.1. The van der Waals surface area contributed by atoms with Crippen LogP contribution >= 0.6 is 0 Å². The summed E-state index contributed by atoms with van der Waals surface area (Å²) in [5, 5.41) is 66.9. The van der Waals surface area contributed by atoms with Crippen LogP contribution in [0.1, 0.15) is 64.4 Å². The summed E-state index contributed by atoms with van der Waals surface area (Å²) in [5.41, 5.74) is -14.9. The third-order valence-electron chi connectivity index (χ3n) is 11.2. The maximum Gasteiger partial charge on any atom is 0.355 e. The molecule has 4 saturated carbocycles. The van der Waals surface area contributed by atoms with Gasteiger partial charge in [-0.25, -0.2) is 4.79 Å². The first-order valence-electron chi connectivity index (χ1n) is 12.5. The van der Waals surface area contributed by atoms with E-state index < -0.39 is 62.6 Å². The summed E-state index contributed by atoms with van der Waals surface area (Å²) in [6.07, 6.45) is -0.0288. The number of aromatic nitrogens is 1. The monoisotopic (exact) mass is 505 g/mol. The van der Waals surface area contributed by atoms with Crippen LogP contribution in [-0.4, -0.2) is 82.1 Å². The molecule has 0 unspecified atom stereocenters. The lowest BCUT2D eigenvalue weighted by Gasteiger charge is -2.59. The fourth-order valence-electron chi connectivity index (χ4n) is 9.55. The SMILES string of the molecule is CC(C)[C@@]1(O)[C@@H](OC(=O)c2ccc[nH]2)[C@@]2(O)[C@@]3(C)C[C@]4(O)O[C@@]5(/C(=N/N)[C@@H](C)CC[C@]35O)[C@@]2(O)[C@]14C. The number of hydrazone groups is 1. The Morgan fingerprint density at radius 3 is 2.47 bits per heavy atom. The van der Waals surface area contributed by atoms with Crippen LogP contribution in [0.15, 0.2) is 23.4 Å². The molecule has 11 heteroatoms. The molecule has 10 atom stereocenters. The highest BCUT2D eigenvalue weighted by Gasteiger charge is 3.10. The predicted octanol–water partition coefficient (Wildman–Crippen LogP) is -0.234. The number of aliphatic hydroxyl groups is 5. The van der Waals surface area contributed by atoms with Crippen molar-refractivity contribution in [1.82, 2.24) is 4.98 Å². The van der Waals surface area contributed by atoms with Crippen molar-refractivity contribution in [3.05, 3.63) is 24.0 Å². The van der Waals surface area contributed by atoms with Crippen molar-refractivity contribution in [2.45, 2.75) is 93.8 Å². The highest BCUT2D eigenvalue weighted by molar-refractivity contribution is 6.01. The molecule has 2 saturated heterocycles. The lowest BCUT2D eigenvalue weighted by Crippen LogP contribution is -2.74. The van der Waals surface area contributed by atoms with E-state index in [0.717, 1.165) is 0 Å². The van der Waals surface area contributed by atoms with Gasteiger partial charge in [-0.15, -0.1) is 0 Å². The summed E-state index contributed by atoms with van der Waals surface area (Å²) >= 11 is 0. The van der Waals surface area contributed by atoms with Crippen LogP contribution < -0.4 is 5.84 Å². The lowest BCUT2D eigenvalue weighted by molar-refractivity contribution is -0.366. The Bertz CT molecular complexity index is 1210.